The minimum atomic E-state index is -1.03. The highest BCUT2D eigenvalue weighted by molar-refractivity contribution is 9.10. The number of halogens is 2. The fraction of sp³-hybridized carbons (Fsp3) is 0.125. The van der Waals surface area contributed by atoms with Crippen LogP contribution in [0.3, 0.4) is 0 Å². The number of ether oxygens (including phenoxy) is 2. The Balaban J connectivity index is 1.77. The second-order valence-corrected chi connectivity index (χ2v) is 7.47. The van der Waals surface area contributed by atoms with Crippen molar-refractivity contribution in [3.8, 4) is 11.5 Å². The molecule has 0 aliphatic heterocycles. The summed E-state index contributed by atoms with van der Waals surface area (Å²) < 4.78 is 25.4. The average Bonchev–Trinajstić information content (AvgIpc) is 2.72. The van der Waals surface area contributed by atoms with Crippen LogP contribution in [0.15, 0.2) is 77.3 Å². The average molecular weight is 471 g/mol. The molecule has 0 aromatic heterocycles. The minimum absolute atomic E-state index is 0.286. The monoisotopic (exact) mass is 470 g/mol. The van der Waals surface area contributed by atoms with Crippen LogP contribution in [0.1, 0.15) is 16.7 Å². The highest BCUT2D eigenvalue weighted by Gasteiger charge is 2.07. The number of carboxylic acid groups (broad SMARTS) is 1. The second kappa shape index (κ2) is 10.1. The van der Waals surface area contributed by atoms with Gasteiger partial charge in [-0.2, -0.15) is 0 Å². The van der Waals surface area contributed by atoms with Crippen molar-refractivity contribution < 1.29 is 23.8 Å². The van der Waals surface area contributed by atoms with Crippen molar-refractivity contribution in [2.75, 3.05) is 13.2 Å². The van der Waals surface area contributed by atoms with Crippen molar-refractivity contribution in [2.45, 2.75) is 6.92 Å². The summed E-state index contributed by atoms with van der Waals surface area (Å²) >= 11 is 3.44. The smallest absolute Gasteiger partial charge is 0.341 e. The molecule has 3 aromatic carbocycles. The fourth-order valence-electron chi connectivity index (χ4n) is 2.90. The summed E-state index contributed by atoms with van der Waals surface area (Å²) in [7, 11) is 0. The summed E-state index contributed by atoms with van der Waals surface area (Å²) in [5.74, 6) is -0.171. The molecule has 0 heterocycles. The van der Waals surface area contributed by atoms with Crippen LogP contribution in [0.4, 0.5) is 4.39 Å². The van der Waals surface area contributed by atoms with Gasteiger partial charge in [0.15, 0.2) is 6.61 Å². The van der Waals surface area contributed by atoms with Crippen molar-refractivity contribution in [2.24, 2.45) is 0 Å². The van der Waals surface area contributed by atoms with Gasteiger partial charge in [-0.15, -0.1) is 0 Å². The maximum Gasteiger partial charge on any atom is 0.341 e. The number of hydrogen-bond donors (Lipinski definition) is 1. The zero-order valence-electron chi connectivity index (χ0n) is 16.3. The molecule has 30 heavy (non-hydrogen) atoms. The van der Waals surface area contributed by atoms with Crippen LogP contribution in [0.25, 0.3) is 5.57 Å². The van der Waals surface area contributed by atoms with Crippen LogP contribution < -0.4 is 9.47 Å². The molecule has 0 unspecified atom stereocenters. The van der Waals surface area contributed by atoms with Crippen LogP contribution in [-0.2, 0) is 4.79 Å². The first-order valence-corrected chi connectivity index (χ1v) is 10.0. The van der Waals surface area contributed by atoms with Gasteiger partial charge in [0.1, 0.15) is 23.9 Å². The Hall–Kier alpha value is -3.12. The second-order valence-electron chi connectivity index (χ2n) is 6.55. The Morgan fingerprint density at radius 2 is 1.63 bits per heavy atom. The van der Waals surface area contributed by atoms with E-state index in [4.69, 9.17) is 14.6 Å². The molecular weight excluding hydrogens is 451 g/mol. The Kier molecular flexibility index (Phi) is 7.25. The predicted octanol–water partition coefficient (Wildman–Crippen LogP) is 5.87. The zero-order chi connectivity index (χ0) is 21.5. The molecule has 0 aliphatic carbocycles. The first-order valence-electron chi connectivity index (χ1n) is 9.22. The lowest BCUT2D eigenvalue weighted by Crippen LogP contribution is -2.10. The van der Waals surface area contributed by atoms with E-state index in [0.29, 0.717) is 18.1 Å². The normalized spacial score (nSPS) is 11.2. The predicted molar refractivity (Wildman–Crippen MR) is 117 cm³/mol. The van der Waals surface area contributed by atoms with Gasteiger partial charge in [0, 0.05) is 4.47 Å². The Morgan fingerprint density at radius 3 is 2.23 bits per heavy atom. The molecule has 3 aromatic rings. The highest BCUT2D eigenvalue weighted by Crippen LogP contribution is 2.26. The number of aliphatic carboxylic acids is 1. The molecule has 1 N–H and O–H groups in total. The van der Waals surface area contributed by atoms with Crippen molar-refractivity contribution in [3.63, 3.8) is 0 Å². The summed E-state index contributed by atoms with van der Waals surface area (Å²) in [6.45, 7) is 1.74. The fourth-order valence-corrected chi connectivity index (χ4v) is 3.16. The van der Waals surface area contributed by atoms with Gasteiger partial charge in [0.2, 0.25) is 0 Å². The van der Waals surface area contributed by atoms with E-state index in [1.54, 1.807) is 30.3 Å². The van der Waals surface area contributed by atoms with Crippen molar-refractivity contribution in [1.82, 2.24) is 0 Å². The molecule has 0 aliphatic rings. The van der Waals surface area contributed by atoms with Crippen LogP contribution in [0, 0.1) is 12.7 Å². The highest BCUT2D eigenvalue weighted by atomic mass is 79.9. The van der Waals surface area contributed by atoms with Gasteiger partial charge < -0.3 is 14.6 Å². The number of aryl methyl sites for hydroxylation is 1. The SMILES string of the molecule is Cc1cc(OC/C=C(\c2ccc(F)cc2)c2ccc(Br)cc2)ccc1OCC(=O)O. The van der Waals surface area contributed by atoms with Crippen molar-refractivity contribution >= 4 is 27.5 Å². The van der Waals surface area contributed by atoms with Crippen LogP contribution in [0.5, 0.6) is 11.5 Å². The molecule has 0 saturated heterocycles. The third kappa shape index (κ3) is 5.94. The quantitative estimate of drug-likeness (QED) is 0.447. The van der Waals surface area contributed by atoms with Crippen molar-refractivity contribution in [3.05, 3.63) is 99.8 Å². The van der Waals surface area contributed by atoms with Crippen LogP contribution in [-0.4, -0.2) is 24.3 Å². The molecule has 0 bridgehead atoms. The van der Waals surface area contributed by atoms with E-state index in [1.807, 2.05) is 37.3 Å². The standard InChI is InChI=1S/C24H20BrFO4/c1-16-14-21(10-11-23(16)30-15-24(27)28)29-13-12-22(17-2-6-19(25)7-3-17)18-4-8-20(26)9-5-18/h2-12,14H,13,15H2,1H3,(H,27,28)/b22-12-. The van der Waals surface area contributed by atoms with Crippen LogP contribution >= 0.6 is 15.9 Å². The molecule has 0 amide bonds. The third-order valence-corrected chi connectivity index (χ3v) is 4.87. The van der Waals surface area contributed by atoms with E-state index >= 15 is 0 Å². The Morgan fingerprint density at radius 1 is 1.00 bits per heavy atom. The number of hydrogen-bond acceptors (Lipinski definition) is 3. The summed E-state index contributed by atoms with van der Waals surface area (Å²) in [6.07, 6.45) is 1.95. The molecular formula is C24H20BrFO4. The van der Waals surface area contributed by atoms with Gasteiger partial charge in [-0.05, 0) is 77.7 Å². The van der Waals surface area contributed by atoms with E-state index in [9.17, 15) is 9.18 Å². The van der Waals surface area contributed by atoms with Crippen molar-refractivity contribution in [1.29, 1.82) is 0 Å². The van der Waals surface area contributed by atoms with Gasteiger partial charge >= 0.3 is 5.97 Å². The van der Waals surface area contributed by atoms with Gasteiger partial charge in [0.05, 0.1) is 0 Å². The van der Waals surface area contributed by atoms with E-state index in [1.165, 1.54) is 12.1 Å². The van der Waals surface area contributed by atoms with Gasteiger partial charge in [-0.1, -0.05) is 40.2 Å². The van der Waals surface area contributed by atoms with E-state index in [2.05, 4.69) is 15.9 Å². The minimum Gasteiger partial charge on any atom is -0.489 e. The molecule has 0 radical (unpaired) electrons. The summed E-state index contributed by atoms with van der Waals surface area (Å²) in [5, 5.41) is 8.73. The summed E-state index contributed by atoms with van der Waals surface area (Å²) in [6, 6.07) is 19.4. The molecule has 0 spiro atoms. The number of rotatable bonds is 8. The maximum atomic E-state index is 13.4. The lowest BCUT2D eigenvalue weighted by atomic mass is 9.98. The van der Waals surface area contributed by atoms with Crippen LogP contribution in [0.2, 0.25) is 0 Å². The summed E-state index contributed by atoms with van der Waals surface area (Å²) in [5.41, 5.74) is 3.59. The molecule has 3 rings (SSSR count). The van der Waals surface area contributed by atoms with Gasteiger partial charge in [0.25, 0.3) is 0 Å². The molecule has 0 fully saturated rings. The van der Waals surface area contributed by atoms with Gasteiger partial charge in [-0.3, -0.25) is 0 Å². The topological polar surface area (TPSA) is 55.8 Å². The first-order chi connectivity index (χ1) is 14.4. The third-order valence-electron chi connectivity index (χ3n) is 4.35. The van der Waals surface area contributed by atoms with E-state index in [0.717, 1.165) is 26.7 Å². The zero-order valence-corrected chi connectivity index (χ0v) is 17.9. The Labute approximate surface area is 182 Å². The van der Waals surface area contributed by atoms with E-state index < -0.39 is 12.6 Å². The lowest BCUT2D eigenvalue weighted by Gasteiger charge is -2.12. The molecule has 4 nitrogen and oxygen atoms in total. The number of carbonyl (C=O) groups is 1. The molecule has 6 heteroatoms. The molecule has 0 saturated carbocycles. The molecule has 0 atom stereocenters. The first kappa shape index (κ1) is 21.6. The number of benzene rings is 3. The lowest BCUT2D eigenvalue weighted by molar-refractivity contribution is -0.139. The van der Waals surface area contributed by atoms with Gasteiger partial charge in [-0.25, -0.2) is 9.18 Å². The number of carboxylic acids is 1. The van der Waals surface area contributed by atoms with E-state index in [-0.39, 0.29) is 5.82 Å². The largest absolute Gasteiger partial charge is 0.489 e. The maximum absolute atomic E-state index is 13.4. The summed E-state index contributed by atoms with van der Waals surface area (Å²) in [4.78, 5) is 10.6. The Bertz CT molecular complexity index is 996. The molecule has 154 valence electrons.